The van der Waals surface area contributed by atoms with Gasteiger partial charge < -0.3 is 20.5 Å². The molecule has 5 rings (SSSR count). The van der Waals surface area contributed by atoms with E-state index in [9.17, 15) is 18.4 Å². The zero-order chi connectivity index (χ0) is 29.3. The molecular weight excluding hydrogens is 526 g/mol. The number of nitrogens with zero attached hydrogens (tertiary/aromatic N) is 3. The molecule has 10 heteroatoms. The number of benzene rings is 2. The lowest BCUT2D eigenvalue weighted by molar-refractivity contribution is -0.110. The number of fused-ring (bicyclic) bond motifs is 1. The molecule has 212 valence electrons. The Labute approximate surface area is 237 Å². The average Bonchev–Trinajstić information content (AvgIpc) is 3.64. The molecule has 0 fully saturated rings. The van der Waals surface area contributed by atoms with Crippen molar-refractivity contribution in [3.63, 3.8) is 0 Å². The maximum atomic E-state index is 13.7. The number of carbonyl (C=O) groups is 2. The van der Waals surface area contributed by atoms with Crippen molar-refractivity contribution in [2.75, 3.05) is 31.5 Å². The third kappa shape index (κ3) is 5.55. The predicted molar refractivity (Wildman–Crippen MR) is 156 cm³/mol. The fourth-order valence-electron chi connectivity index (χ4n) is 5.11. The molecule has 4 aromatic rings. The molecule has 2 amide bonds. The van der Waals surface area contributed by atoms with Crippen molar-refractivity contribution in [1.29, 1.82) is 0 Å². The van der Waals surface area contributed by atoms with Crippen LogP contribution in [-0.2, 0) is 4.79 Å². The van der Waals surface area contributed by atoms with E-state index in [-0.39, 0.29) is 11.8 Å². The summed E-state index contributed by atoms with van der Waals surface area (Å²) in [4.78, 5) is 31.5. The Morgan fingerprint density at radius 3 is 2.59 bits per heavy atom. The van der Waals surface area contributed by atoms with Crippen molar-refractivity contribution < 1.29 is 18.4 Å². The molecule has 0 unspecified atom stereocenters. The Balaban J connectivity index is 1.41. The van der Waals surface area contributed by atoms with E-state index >= 15 is 0 Å². The fourth-order valence-corrected chi connectivity index (χ4v) is 5.11. The van der Waals surface area contributed by atoms with Crippen LogP contribution in [-0.4, -0.2) is 57.7 Å². The highest BCUT2D eigenvalue weighted by atomic mass is 19.2. The third-order valence-corrected chi connectivity index (χ3v) is 7.49. The van der Waals surface area contributed by atoms with E-state index in [1.54, 1.807) is 18.5 Å². The summed E-state index contributed by atoms with van der Waals surface area (Å²) in [5.74, 6) is -2.27. The number of aromatic amines is 1. The van der Waals surface area contributed by atoms with Gasteiger partial charge in [0.2, 0.25) is 0 Å². The molecule has 3 heterocycles. The van der Waals surface area contributed by atoms with Crippen LogP contribution >= 0.6 is 0 Å². The van der Waals surface area contributed by atoms with Crippen LogP contribution in [0.25, 0.3) is 28.5 Å². The second-order valence-corrected chi connectivity index (χ2v) is 9.99. The van der Waals surface area contributed by atoms with E-state index in [1.165, 1.54) is 10.7 Å². The summed E-state index contributed by atoms with van der Waals surface area (Å²) in [6, 6.07) is 9.15. The van der Waals surface area contributed by atoms with Crippen LogP contribution in [0, 0.1) is 25.5 Å². The van der Waals surface area contributed by atoms with Gasteiger partial charge in [-0.1, -0.05) is 19.9 Å². The molecular formula is C31H32F2N6O2. The first-order valence-electron chi connectivity index (χ1n) is 13.6. The number of hydrogen-bond acceptors (Lipinski definition) is 4. The lowest BCUT2D eigenvalue weighted by Gasteiger charge is -2.18. The molecule has 2 aromatic heterocycles. The van der Waals surface area contributed by atoms with Crippen LogP contribution in [0.5, 0.6) is 0 Å². The molecule has 3 N–H and O–H groups in total. The summed E-state index contributed by atoms with van der Waals surface area (Å²) >= 11 is 0. The number of likely N-dealkylation sites (N-methyl/N-ethyl adjacent to an activating group) is 1. The van der Waals surface area contributed by atoms with Crippen LogP contribution in [0.4, 0.5) is 14.5 Å². The third-order valence-electron chi connectivity index (χ3n) is 7.49. The summed E-state index contributed by atoms with van der Waals surface area (Å²) < 4.78 is 28.5. The van der Waals surface area contributed by atoms with E-state index in [0.717, 1.165) is 54.2 Å². The van der Waals surface area contributed by atoms with Crippen molar-refractivity contribution >= 4 is 29.2 Å². The molecule has 0 atom stereocenters. The zero-order valence-electron chi connectivity index (χ0n) is 23.4. The van der Waals surface area contributed by atoms with Crippen LogP contribution in [0.2, 0.25) is 0 Å². The summed E-state index contributed by atoms with van der Waals surface area (Å²) in [6.07, 6.45) is 5.11. The number of nitrogens with one attached hydrogen (secondary N) is 3. The number of halogens is 2. The molecule has 41 heavy (non-hydrogen) atoms. The first-order chi connectivity index (χ1) is 19.7. The number of amides is 2. The first kappa shape index (κ1) is 28.0. The van der Waals surface area contributed by atoms with Crippen molar-refractivity contribution in [3.05, 3.63) is 88.5 Å². The van der Waals surface area contributed by atoms with Gasteiger partial charge in [-0.2, -0.15) is 5.10 Å². The van der Waals surface area contributed by atoms with E-state index in [1.807, 2.05) is 32.0 Å². The number of rotatable bonds is 9. The highest BCUT2D eigenvalue weighted by Gasteiger charge is 2.26. The van der Waals surface area contributed by atoms with Crippen molar-refractivity contribution in [2.45, 2.75) is 27.7 Å². The molecule has 2 aromatic carbocycles. The van der Waals surface area contributed by atoms with Gasteiger partial charge in [0.05, 0.1) is 23.0 Å². The van der Waals surface area contributed by atoms with E-state index in [0.29, 0.717) is 40.3 Å². The van der Waals surface area contributed by atoms with Gasteiger partial charge in [-0.15, -0.1) is 0 Å². The minimum atomic E-state index is -0.952. The van der Waals surface area contributed by atoms with Crippen molar-refractivity contribution in [2.24, 2.45) is 0 Å². The second kappa shape index (κ2) is 11.5. The Kier molecular flexibility index (Phi) is 7.85. The monoisotopic (exact) mass is 558 g/mol. The largest absolute Gasteiger partial charge is 0.358 e. The maximum absolute atomic E-state index is 13.7. The molecule has 8 nitrogen and oxygen atoms in total. The lowest BCUT2D eigenvalue weighted by Crippen LogP contribution is -2.35. The molecule has 0 spiro atoms. The lowest BCUT2D eigenvalue weighted by atomic mass is 10.00. The Bertz CT molecular complexity index is 1660. The topological polar surface area (TPSA) is 95.1 Å². The van der Waals surface area contributed by atoms with Gasteiger partial charge in [-0.05, 0) is 68.4 Å². The molecule has 0 saturated heterocycles. The van der Waals surface area contributed by atoms with E-state index in [2.05, 4.69) is 39.5 Å². The van der Waals surface area contributed by atoms with Gasteiger partial charge in [0.25, 0.3) is 11.8 Å². The van der Waals surface area contributed by atoms with Gasteiger partial charge in [0.15, 0.2) is 11.6 Å². The van der Waals surface area contributed by atoms with Gasteiger partial charge in [0.1, 0.15) is 0 Å². The molecule has 0 saturated carbocycles. The summed E-state index contributed by atoms with van der Waals surface area (Å²) in [5.41, 5.74) is 6.54. The molecule has 1 aliphatic rings. The van der Waals surface area contributed by atoms with Crippen LogP contribution in [0.1, 0.15) is 46.7 Å². The summed E-state index contributed by atoms with van der Waals surface area (Å²) in [6.45, 7) is 11.1. The normalized spacial score (nSPS) is 13.6. The molecule has 0 aliphatic carbocycles. The Morgan fingerprint density at radius 2 is 1.85 bits per heavy atom. The average molecular weight is 559 g/mol. The number of anilines is 1. The SMILES string of the molecule is CCN(CC)CCNC(=O)c1c(C)[nH]c(C=C2C(=O)Nc3ccc(-c4cnn(-c5ccc(F)c(F)c5)c4)cc32)c1C. The van der Waals surface area contributed by atoms with E-state index < -0.39 is 11.6 Å². The first-order valence-corrected chi connectivity index (χ1v) is 13.6. The number of carbonyl (C=O) groups excluding carboxylic acids is 2. The number of aryl methyl sites for hydroxylation is 1. The highest BCUT2D eigenvalue weighted by molar-refractivity contribution is 6.35. The molecule has 0 bridgehead atoms. The Morgan fingerprint density at radius 1 is 1.07 bits per heavy atom. The number of aromatic nitrogens is 3. The molecule has 0 radical (unpaired) electrons. The second-order valence-electron chi connectivity index (χ2n) is 9.99. The van der Waals surface area contributed by atoms with Crippen LogP contribution < -0.4 is 10.6 Å². The number of hydrogen-bond donors (Lipinski definition) is 3. The minimum Gasteiger partial charge on any atom is -0.358 e. The standard InChI is InChI=1S/C31H32F2N6O2/c1-5-38(6-2)12-11-34-31(41)29-18(3)28(36-19(29)4)15-24-23-13-20(7-10-27(23)37-30(24)40)21-16-35-39(17-21)22-8-9-25(32)26(33)14-22/h7-10,13-17,36H,5-6,11-12H2,1-4H3,(H,34,41)(H,37,40). The summed E-state index contributed by atoms with van der Waals surface area (Å²) in [5, 5.41) is 10.2. The van der Waals surface area contributed by atoms with Gasteiger partial charge in [-0.25, -0.2) is 13.5 Å². The quantitative estimate of drug-likeness (QED) is 0.242. The van der Waals surface area contributed by atoms with Gasteiger partial charge >= 0.3 is 0 Å². The highest BCUT2D eigenvalue weighted by Crippen LogP contribution is 2.37. The maximum Gasteiger partial charge on any atom is 0.256 e. The van der Waals surface area contributed by atoms with Crippen molar-refractivity contribution in [1.82, 2.24) is 25.0 Å². The minimum absolute atomic E-state index is 0.148. The summed E-state index contributed by atoms with van der Waals surface area (Å²) in [7, 11) is 0. The van der Waals surface area contributed by atoms with Gasteiger partial charge in [0, 0.05) is 53.6 Å². The zero-order valence-corrected chi connectivity index (χ0v) is 23.4. The molecule has 1 aliphatic heterocycles. The van der Waals surface area contributed by atoms with Crippen LogP contribution in [0.15, 0.2) is 48.8 Å². The van der Waals surface area contributed by atoms with Crippen molar-refractivity contribution in [3.8, 4) is 16.8 Å². The Hall–Kier alpha value is -4.57. The predicted octanol–water partition coefficient (Wildman–Crippen LogP) is 5.33. The van der Waals surface area contributed by atoms with Crippen LogP contribution in [0.3, 0.4) is 0 Å². The van der Waals surface area contributed by atoms with Gasteiger partial charge in [-0.3, -0.25) is 9.59 Å². The smallest absolute Gasteiger partial charge is 0.256 e. The van der Waals surface area contributed by atoms with E-state index in [4.69, 9.17) is 0 Å². The number of H-pyrrole nitrogens is 1. The fraction of sp³-hybridized carbons (Fsp3) is 0.258.